The van der Waals surface area contributed by atoms with Gasteiger partial charge in [-0.1, -0.05) is 19.1 Å². The van der Waals surface area contributed by atoms with Crippen molar-refractivity contribution in [3.05, 3.63) is 29.8 Å². The zero-order valence-corrected chi connectivity index (χ0v) is 14.9. The zero-order valence-electron chi connectivity index (χ0n) is 14.1. The van der Waals surface area contributed by atoms with Gasteiger partial charge >= 0.3 is 0 Å². The van der Waals surface area contributed by atoms with Crippen LogP contribution < -0.4 is 5.32 Å². The molecule has 128 valence electrons. The Morgan fingerprint density at radius 1 is 1.30 bits per heavy atom. The van der Waals surface area contributed by atoms with Crippen molar-refractivity contribution in [3.63, 3.8) is 0 Å². The first-order valence-corrected chi connectivity index (χ1v) is 10.0. The number of benzene rings is 1. The Labute approximate surface area is 139 Å². The Kier molecular flexibility index (Phi) is 5.68. The Hall–Kier alpha value is -1.56. The number of likely N-dealkylation sites (N-methyl/N-ethyl adjacent to an activating group) is 1. The molecule has 5 nitrogen and oxygen atoms in total. The third-order valence-electron chi connectivity index (χ3n) is 4.39. The fourth-order valence-corrected chi connectivity index (χ4v) is 4.74. The molecular weight excluding hydrogens is 312 g/mol. The molecule has 0 aliphatic carbocycles. The number of hydrogen-bond acceptors (Lipinski definition) is 4. The molecule has 6 heteroatoms. The summed E-state index contributed by atoms with van der Waals surface area (Å²) in [6.45, 7) is 6.34. The quantitative estimate of drug-likeness (QED) is 0.862. The van der Waals surface area contributed by atoms with E-state index in [1.54, 1.807) is 4.90 Å². The molecule has 2 atom stereocenters. The van der Waals surface area contributed by atoms with E-state index in [0.717, 1.165) is 12.1 Å². The molecule has 0 bridgehead atoms. The van der Waals surface area contributed by atoms with E-state index < -0.39 is 9.84 Å². The van der Waals surface area contributed by atoms with E-state index in [9.17, 15) is 13.2 Å². The lowest BCUT2D eigenvalue weighted by Crippen LogP contribution is -2.47. The molecule has 0 saturated carbocycles. The van der Waals surface area contributed by atoms with Gasteiger partial charge in [-0.2, -0.15) is 0 Å². The fourth-order valence-electron chi connectivity index (χ4n) is 3.01. The number of anilines is 1. The maximum atomic E-state index is 12.7. The zero-order chi connectivity index (χ0) is 17.0. The molecule has 2 rings (SSSR count). The van der Waals surface area contributed by atoms with Crippen LogP contribution in [0.4, 0.5) is 5.69 Å². The summed E-state index contributed by atoms with van der Waals surface area (Å²) in [6.07, 6.45) is 1.52. The number of nitrogens with zero attached hydrogens (tertiary/aromatic N) is 1. The van der Waals surface area contributed by atoms with E-state index in [1.165, 1.54) is 5.56 Å². The maximum Gasteiger partial charge on any atom is 0.245 e. The van der Waals surface area contributed by atoms with Gasteiger partial charge in [0.25, 0.3) is 0 Å². The molecule has 1 aromatic rings. The van der Waals surface area contributed by atoms with E-state index in [1.807, 2.05) is 38.1 Å². The lowest BCUT2D eigenvalue weighted by molar-refractivity contribution is -0.133. The van der Waals surface area contributed by atoms with Gasteiger partial charge in [0, 0.05) is 18.3 Å². The molecule has 1 saturated heterocycles. The van der Waals surface area contributed by atoms with Crippen molar-refractivity contribution in [1.29, 1.82) is 0 Å². The van der Waals surface area contributed by atoms with Crippen molar-refractivity contribution in [2.75, 3.05) is 23.4 Å². The minimum Gasteiger partial charge on any atom is -0.374 e. The molecule has 1 amide bonds. The normalized spacial score (nSPS) is 20.9. The number of hydrogen-bond donors (Lipinski definition) is 1. The predicted molar refractivity (Wildman–Crippen MR) is 93.4 cm³/mol. The molecule has 1 N–H and O–H groups in total. The average molecular weight is 338 g/mol. The van der Waals surface area contributed by atoms with Gasteiger partial charge in [0.05, 0.1) is 11.5 Å². The van der Waals surface area contributed by atoms with Crippen LogP contribution >= 0.6 is 0 Å². The second-order valence-electron chi connectivity index (χ2n) is 6.10. The van der Waals surface area contributed by atoms with Crippen molar-refractivity contribution in [2.24, 2.45) is 0 Å². The van der Waals surface area contributed by atoms with Crippen LogP contribution in [0.1, 0.15) is 32.8 Å². The maximum absolute atomic E-state index is 12.7. The molecular formula is C17H26N2O3S. The Balaban J connectivity index is 2.01. The van der Waals surface area contributed by atoms with Crippen LogP contribution in [0.5, 0.6) is 0 Å². The van der Waals surface area contributed by atoms with Crippen LogP contribution in [0.15, 0.2) is 24.3 Å². The first kappa shape index (κ1) is 17.8. The second kappa shape index (κ2) is 7.34. The van der Waals surface area contributed by atoms with E-state index in [0.29, 0.717) is 13.0 Å². The van der Waals surface area contributed by atoms with Crippen LogP contribution in [-0.4, -0.2) is 49.4 Å². The van der Waals surface area contributed by atoms with Gasteiger partial charge in [0.15, 0.2) is 9.84 Å². The Bertz CT molecular complexity index is 640. The first-order chi connectivity index (χ1) is 10.9. The summed E-state index contributed by atoms with van der Waals surface area (Å²) in [4.78, 5) is 14.4. The summed E-state index contributed by atoms with van der Waals surface area (Å²) >= 11 is 0. The highest BCUT2D eigenvalue weighted by Gasteiger charge is 2.35. The van der Waals surface area contributed by atoms with Crippen LogP contribution in [0.2, 0.25) is 0 Å². The summed E-state index contributed by atoms with van der Waals surface area (Å²) in [7, 11) is -2.99. The molecule has 0 spiro atoms. The summed E-state index contributed by atoms with van der Waals surface area (Å²) in [6, 6.07) is 7.45. The van der Waals surface area contributed by atoms with E-state index in [4.69, 9.17) is 0 Å². The minimum absolute atomic E-state index is 0.0471. The highest BCUT2D eigenvalue weighted by molar-refractivity contribution is 7.91. The number of rotatable bonds is 6. The molecule has 1 fully saturated rings. The van der Waals surface area contributed by atoms with Gasteiger partial charge in [0.1, 0.15) is 6.04 Å². The van der Waals surface area contributed by atoms with Gasteiger partial charge < -0.3 is 10.2 Å². The Morgan fingerprint density at radius 3 is 2.43 bits per heavy atom. The van der Waals surface area contributed by atoms with Crippen molar-refractivity contribution < 1.29 is 13.2 Å². The second-order valence-corrected chi connectivity index (χ2v) is 8.33. The topological polar surface area (TPSA) is 66.5 Å². The summed E-state index contributed by atoms with van der Waals surface area (Å²) in [5.74, 6) is 0.223. The van der Waals surface area contributed by atoms with Gasteiger partial charge in [-0.05, 0) is 44.4 Å². The SMILES string of the molecule is CCc1ccc(NC(C)C(=O)N(CC)C2CCS(=O)(=O)C2)cc1. The molecule has 1 aromatic carbocycles. The first-order valence-electron chi connectivity index (χ1n) is 8.22. The Morgan fingerprint density at radius 2 is 1.96 bits per heavy atom. The number of carbonyl (C=O) groups excluding carboxylic acids is 1. The third kappa shape index (κ3) is 4.47. The van der Waals surface area contributed by atoms with Gasteiger partial charge in [-0.3, -0.25) is 4.79 Å². The van der Waals surface area contributed by atoms with E-state index in [2.05, 4.69) is 12.2 Å². The predicted octanol–water partition coefficient (Wildman–Crippen LogP) is 2.08. The smallest absolute Gasteiger partial charge is 0.245 e. The number of sulfone groups is 1. The number of nitrogens with one attached hydrogen (secondary N) is 1. The third-order valence-corrected chi connectivity index (χ3v) is 6.14. The number of amides is 1. The summed E-state index contributed by atoms with van der Waals surface area (Å²) < 4.78 is 23.3. The van der Waals surface area contributed by atoms with E-state index >= 15 is 0 Å². The van der Waals surface area contributed by atoms with Gasteiger partial charge in [-0.15, -0.1) is 0 Å². The van der Waals surface area contributed by atoms with Crippen molar-refractivity contribution in [3.8, 4) is 0 Å². The minimum atomic E-state index is -2.99. The van der Waals surface area contributed by atoms with Crippen LogP contribution in [0, 0.1) is 0 Å². The van der Waals surface area contributed by atoms with Crippen molar-refractivity contribution in [1.82, 2.24) is 4.90 Å². The van der Waals surface area contributed by atoms with Crippen molar-refractivity contribution >= 4 is 21.4 Å². The van der Waals surface area contributed by atoms with Crippen LogP contribution in [0.3, 0.4) is 0 Å². The molecule has 1 aliphatic heterocycles. The summed E-state index contributed by atoms with van der Waals surface area (Å²) in [5.41, 5.74) is 2.15. The molecule has 23 heavy (non-hydrogen) atoms. The van der Waals surface area contributed by atoms with Crippen LogP contribution in [0.25, 0.3) is 0 Å². The highest BCUT2D eigenvalue weighted by atomic mass is 32.2. The largest absolute Gasteiger partial charge is 0.374 e. The lowest BCUT2D eigenvalue weighted by atomic mass is 10.1. The number of carbonyl (C=O) groups is 1. The average Bonchev–Trinajstić information content (AvgIpc) is 2.88. The van der Waals surface area contributed by atoms with Crippen molar-refractivity contribution in [2.45, 2.75) is 45.7 Å². The molecule has 2 unspecified atom stereocenters. The monoisotopic (exact) mass is 338 g/mol. The van der Waals surface area contributed by atoms with Gasteiger partial charge in [-0.25, -0.2) is 8.42 Å². The van der Waals surface area contributed by atoms with E-state index in [-0.39, 0.29) is 29.5 Å². The molecule has 0 aromatic heterocycles. The molecule has 0 radical (unpaired) electrons. The standard InChI is InChI=1S/C17H26N2O3S/c1-4-14-6-8-15(9-7-14)18-13(3)17(20)19(5-2)16-10-11-23(21,22)12-16/h6-9,13,16,18H,4-5,10-12H2,1-3H3. The number of aryl methyl sites for hydroxylation is 1. The fraction of sp³-hybridized carbons (Fsp3) is 0.588. The van der Waals surface area contributed by atoms with Crippen LogP contribution in [-0.2, 0) is 21.1 Å². The molecule has 1 heterocycles. The summed E-state index contributed by atoms with van der Waals surface area (Å²) in [5, 5.41) is 3.21. The molecule has 1 aliphatic rings. The lowest BCUT2D eigenvalue weighted by Gasteiger charge is -2.30. The highest BCUT2D eigenvalue weighted by Crippen LogP contribution is 2.19. The van der Waals surface area contributed by atoms with Gasteiger partial charge in [0.2, 0.25) is 5.91 Å².